The molecule has 0 radical (unpaired) electrons. The van der Waals surface area contributed by atoms with Crippen molar-refractivity contribution in [2.75, 3.05) is 12.3 Å². The molecule has 6 nitrogen and oxygen atoms in total. The van der Waals surface area contributed by atoms with Crippen LogP contribution in [0.2, 0.25) is 5.02 Å². The topological polar surface area (TPSA) is 93.8 Å². The monoisotopic (exact) mass is 429 g/mol. The number of pyridine rings is 1. The number of halogens is 1. The second-order valence-corrected chi connectivity index (χ2v) is 8.11. The van der Waals surface area contributed by atoms with E-state index < -0.39 is 0 Å². The molecule has 1 fully saturated rings. The van der Waals surface area contributed by atoms with Gasteiger partial charge in [0.05, 0.1) is 21.9 Å². The standard InChI is InChI=1S/C24H20ClN5O/c25-18-12-17(11-16-7-4-10-27-19(16)18)21-20(15-5-2-1-3-6-15)30-23(26)22(29-21)24(31)28-13-14-8-9-14/h1-7,10-12,14H,8-9,13H2,(H2,26,30)(H,28,31). The maximum atomic E-state index is 12.8. The molecule has 0 aliphatic heterocycles. The van der Waals surface area contributed by atoms with Crippen LogP contribution in [-0.4, -0.2) is 27.4 Å². The van der Waals surface area contributed by atoms with Crippen LogP contribution in [-0.2, 0) is 0 Å². The van der Waals surface area contributed by atoms with Crippen molar-refractivity contribution in [3.8, 4) is 22.5 Å². The van der Waals surface area contributed by atoms with E-state index in [1.165, 1.54) is 0 Å². The van der Waals surface area contributed by atoms with E-state index in [4.69, 9.17) is 17.3 Å². The number of hydrogen-bond donors (Lipinski definition) is 2. The van der Waals surface area contributed by atoms with Gasteiger partial charge in [-0.3, -0.25) is 9.78 Å². The Morgan fingerprint density at radius 1 is 1.03 bits per heavy atom. The van der Waals surface area contributed by atoms with Gasteiger partial charge >= 0.3 is 0 Å². The summed E-state index contributed by atoms with van der Waals surface area (Å²) in [4.78, 5) is 26.4. The number of carbonyl (C=O) groups is 1. The summed E-state index contributed by atoms with van der Waals surface area (Å²) in [5.41, 5.74) is 9.74. The van der Waals surface area contributed by atoms with E-state index >= 15 is 0 Å². The van der Waals surface area contributed by atoms with Crippen molar-refractivity contribution in [1.29, 1.82) is 0 Å². The van der Waals surface area contributed by atoms with Crippen molar-refractivity contribution in [2.24, 2.45) is 5.92 Å². The fourth-order valence-electron chi connectivity index (χ4n) is 3.54. The summed E-state index contributed by atoms with van der Waals surface area (Å²) in [5.74, 6) is 0.337. The molecule has 0 spiro atoms. The first-order valence-electron chi connectivity index (χ1n) is 10.2. The summed E-state index contributed by atoms with van der Waals surface area (Å²) in [6, 6.07) is 17.2. The number of nitrogen functional groups attached to an aromatic ring is 1. The van der Waals surface area contributed by atoms with E-state index in [0.29, 0.717) is 34.4 Å². The molecule has 7 heteroatoms. The van der Waals surface area contributed by atoms with Crippen LogP contribution in [0.5, 0.6) is 0 Å². The lowest BCUT2D eigenvalue weighted by atomic mass is 10.0. The van der Waals surface area contributed by atoms with Crippen LogP contribution in [0.3, 0.4) is 0 Å². The highest BCUT2D eigenvalue weighted by Gasteiger charge is 2.24. The molecular weight excluding hydrogens is 410 g/mol. The van der Waals surface area contributed by atoms with Crippen LogP contribution < -0.4 is 11.1 Å². The molecule has 154 valence electrons. The molecule has 1 saturated carbocycles. The average Bonchev–Trinajstić information content (AvgIpc) is 3.62. The maximum absolute atomic E-state index is 12.8. The molecule has 5 rings (SSSR count). The number of hydrogen-bond acceptors (Lipinski definition) is 5. The summed E-state index contributed by atoms with van der Waals surface area (Å²) in [6.07, 6.45) is 3.99. The molecule has 0 saturated heterocycles. The summed E-state index contributed by atoms with van der Waals surface area (Å²) < 4.78 is 0. The Bertz CT molecular complexity index is 1290. The number of rotatable bonds is 5. The van der Waals surface area contributed by atoms with E-state index in [0.717, 1.165) is 29.4 Å². The summed E-state index contributed by atoms with van der Waals surface area (Å²) >= 11 is 6.52. The first-order valence-corrected chi connectivity index (χ1v) is 10.5. The van der Waals surface area contributed by atoms with E-state index in [2.05, 4.69) is 20.3 Å². The number of anilines is 1. The van der Waals surface area contributed by atoms with Crippen molar-refractivity contribution in [3.05, 3.63) is 71.5 Å². The lowest BCUT2D eigenvalue weighted by Gasteiger charge is -2.14. The molecule has 0 unspecified atom stereocenters. The van der Waals surface area contributed by atoms with Crippen LogP contribution in [0, 0.1) is 5.92 Å². The van der Waals surface area contributed by atoms with Gasteiger partial charge in [0.2, 0.25) is 0 Å². The SMILES string of the molecule is Nc1nc(-c2ccccc2)c(-c2cc(Cl)c3ncccc3c2)nc1C(=O)NCC1CC1. The molecule has 2 heterocycles. The summed E-state index contributed by atoms with van der Waals surface area (Å²) in [6.45, 7) is 0.628. The van der Waals surface area contributed by atoms with Gasteiger partial charge in [0.25, 0.3) is 5.91 Å². The van der Waals surface area contributed by atoms with Gasteiger partial charge in [-0.05, 0) is 37.0 Å². The number of aromatic nitrogens is 3. The molecule has 31 heavy (non-hydrogen) atoms. The van der Waals surface area contributed by atoms with Crippen molar-refractivity contribution in [2.45, 2.75) is 12.8 Å². The van der Waals surface area contributed by atoms with Crippen LogP contribution >= 0.6 is 11.6 Å². The third-order valence-corrected chi connectivity index (χ3v) is 5.65. The molecule has 3 N–H and O–H groups in total. The van der Waals surface area contributed by atoms with Gasteiger partial charge < -0.3 is 11.1 Å². The van der Waals surface area contributed by atoms with Gasteiger partial charge in [0, 0.05) is 29.3 Å². The number of nitrogens with zero attached hydrogens (tertiary/aromatic N) is 3. The minimum absolute atomic E-state index is 0.101. The molecule has 0 atom stereocenters. The number of amides is 1. The number of nitrogens with one attached hydrogen (secondary N) is 1. The Morgan fingerprint density at radius 3 is 2.58 bits per heavy atom. The van der Waals surface area contributed by atoms with Crippen LogP contribution in [0.1, 0.15) is 23.3 Å². The lowest BCUT2D eigenvalue weighted by Crippen LogP contribution is -2.28. The molecule has 0 bridgehead atoms. The van der Waals surface area contributed by atoms with Gasteiger partial charge in [-0.1, -0.05) is 48.0 Å². The Hall–Kier alpha value is -3.51. The molecule has 1 aliphatic carbocycles. The molecule has 2 aromatic carbocycles. The molecular formula is C24H20ClN5O. The Balaban J connectivity index is 1.67. The third kappa shape index (κ3) is 3.94. The van der Waals surface area contributed by atoms with Gasteiger partial charge in [0.1, 0.15) is 0 Å². The molecule has 1 aliphatic rings. The minimum Gasteiger partial charge on any atom is -0.382 e. The van der Waals surface area contributed by atoms with Crippen molar-refractivity contribution in [3.63, 3.8) is 0 Å². The number of nitrogens with two attached hydrogens (primary N) is 1. The van der Waals surface area contributed by atoms with E-state index in [9.17, 15) is 4.79 Å². The van der Waals surface area contributed by atoms with Crippen LogP contribution in [0.15, 0.2) is 60.8 Å². The third-order valence-electron chi connectivity index (χ3n) is 5.37. The van der Waals surface area contributed by atoms with Gasteiger partial charge in [-0.15, -0.1) is 0 Å². The van der Waals surface area contributed by atoms with E-state index in [1.54, 1.807) is 12.3 Å². The van der Waals surface area contributed by atoms with E-state index in [1.807, 2.05) is 48.5 Å². The van der Waals surface area contributed by atoms with Crippen LogP contribution in [0.25, 0.3) is 33.4 Å². The van der Waals surface area contributed by atoms with E-state index in [-0.39, 0.29) is 17.4 Å². The first-order chi connectivity index (χ1) is 15.1. The number of fused-ring (bicyclic) bond motifs is 1. The highest BCUT2D eigenvalue weighted by molar-refractivity contribution is 6.35. The molecule has 4 aromatic rings. The zero-order chi connectivity index (χ0) is 21.4. The fourth-order valence-corrected chi connectivity index (χ4v) is 3.82. The predicted molar refractivity (Wildman–Crippen MR) is 123 cm³/mol. The Labute approximate surface area is 184 Å². The average molecular weight is 430 g/mol. The first kappa shape index (κ1) is 19.5. The lowest BCUT2D eigenvalue weighted by molar-refractivity contribution is 0.0947. The number of benzene rings is 2. The summed E-state index contributed by atoms with van der Waals surface area (Å²) in [7, 11) is 0. The van der Waals surface area contributed by atoms with Crippen molar-refractivity contribution in [1.82, 2.24) is 20.3 Å². The largest absolute Gasteiger partial charge is 0.382 e. The Morgan fingerprint density at radius 2 is 1.81 bits per heavy atom. The number of carbonyl (C=O) groups excluding carboxylic acids is 1. The Kier molecular flexibility index (Phi) is 5.00. The minimum atomic E-state index is -0.314. The molecule has 1 amide bonds. The zero-order valence-electron chi connectivity index (χ0n) is 16.7. The molecule has 2 aromatic heterocycles. The van der Waals surface area contributed by atoms with Gasteiger partial charge in [-0.25, -0.2) is 9.97 Å². The van der Waals surface area contributed by atoms with Crippen molar-refractivity contribution >= 4 is 34.2 Å². The zero-order valence-corrected chi connectivity index (χ0v) is 17.4. The second kappa shape index (κ2) is 7.96. The smallest absolute Gasteiger partial charge is 0.273 e. The summed E-state index contributed by atoms with van der Waals surface area (Å²) in [5, 5.41) is 4.31. The fraction of sp³-hybridized carbons (Fsp3) is 0.167. The normalized spacial score (nSPS) is 13.3. The highest BCUT2D eigenvalue weighted by atomic mass is 35.5. The van der Waals surface area contributed by atoms with Crippen molar-refractivity contribution < 1.29 is 4.79 Å². The second-order valence-electron chi connectivity index (χ2n) is 7.71. The van der Waals surface area contributed by atoms with Crippen LogP contribution in [0.4, 0.5) is 5.82 Å². The quantitative estimate of drug-likeness (QED) is 0.478. The van der Waals surface area contributed by atoms with Gasteiger partial charge in [0.15, 0.2) is 11.5 Å². The predicted octanol–water partition coefficient (Wildman–Crippen LogP) is 4.73. The van der Waals surface area contributed by atoms with Gasteiger partial charge in [-0.2, -0.15) is 0 Å². The maximum Gasteiger partial charge on any atom is 0.273 e. The highest BCUT2D eigenvalue weighted by Crippen LogP contribution is 2.35.